The lowest BCUT2D eigenvalue weighted by molar-refractivity contribution is 0.199. The predicted octanol–water partition coefficient (Wildman–Crippen LogP) is 1.15. The second kappa shape index (κ2) is 5.14. The van der Waals surface area contributed by atoms with Crippen molar-refractivity contribution in [1.29, 1.82) is 0 Å². The van der Waals surface area contributed by atoms with Crippen molar-refractivity contribution in [3.8, 4) is 0 Å². The first kappa shape index (κ1) is 12.5. The Balaban J connectivity index is 2.16. The van der Waals surface area contributed by atoms with Gasteiger partial charge in [-0.15, -0.1) is 0 Å². The van der Waals surface area contributed by atoms with Crippen molar-refractivity contribution in [3.63, 3.8) is 0 Å². The molecule has 0 radical (unpaired) electrons. The molecule has 2 rings (SSSR count). The molecule has 0 amide bonds. The molecule has 0 saturated carbocycles. The molecular formula is C12H21N3O2. The quantitative estimate of drug-likeness (QED) is 0.835. The van der Waals surface area contributed by atoms with Gasteiger partial charge in [0.05, 0.1) is 12.0 Å². The lowest BCUT2D eigenvalue weighted by atomic mass is 9.76. The summed E-state index contributed by atoms with van der Waals surface area (Å²) in [5.41, 5.74) is 0.0122. The molecule has 1 aliphatic heterocycles. The molecule has 5 heteroatoms. The number of nitrogens with one attached hydrogen (secondary N) is 1. The molecule has 0 spiro atoms. The van der Waals surface area contributed by atoms with Crippen LogP contribution in [-0.2, 0) is 16.6 Å². The summed E-state index contributed by atoms with van der Waals surface area (Å²) in [6.07, 6.45) is 1.78. The van der Waals surface area contributed by atoms with Crippen LogP contribution in [0.1, 0.15) is 32.0 Å². The van der Waals surface area contributed by atoms with Gasteiger partial charge < -0.3 is 14.6 Å². The fraction of sp³-hybridized carbons (Fsp3) is 0.833. The average molecular weight is 239 g/mol. The van der Waals surface area contributed by atoms with E-state index in [4.69, 9.17) is 9.26 Å². The zero-order valence-corrected chi connectivity index (χ0v) is 10.8. The van der Waals surface area contributed by atoms with Crippen molar-refractivity contribution >= 4 is 0 Å². The van der Waals surface area contributed by atoms with Gasteiger partial charge in [-0.1, -0.05) is 19.0 Å². The van der Waals surface area contributed by atoms with Crippen LogP contribution < -0.4 is 5.32 Å². The first-order valence-electron chi connectivity index (χ1n) is 6.22. The molecule has 1 aromatic heterocycles. The summed E-state index contributed by atoms with van der Waals surface area (Å²) in [7, 11) is 1.68. The minimum Gasteiger partial charge on any atom is -0.384 e. The van der Waals surface area contributed by atoms with E-state index in [1.165, 1.54) is 0 Å². The summed E-state index contributed by atoms with van der Waals surface area (Å²) in [5.74, 6) is 2.02. The van der Waals surface area contributed by atoms with E-state index in [2.05, 4.69) is 29.3 Å². The molecule has 0 aromatic carbocycles. The first-order chi connectivity index (χ1) is 8.19. The number of aromatic nitrogens is 2. The first-order valence-corrected chi connectivity index (χ1v) is 6.22. The molecule has 5 nitrogen and oxygen atoms in total. The van der Waals surface area contributed by atoms with Crippen LogP contribution in [-0.4, -0.2) is 36.9 Å². The van der Waals surface area contributed by atoms with Crippen molar-refractivity contribution in [2.45, 2.75) is 32.1 Å². The maximum absolute atomic E-state index is 5.45. The molecule has 1 aromatic rings. The van der Waals surface area contributed by atoms with E-state index in [1.807, 2.05) is 0 Å². The largest absolute Gasteiger partial charge is 0.384 e. The Morgan fingerprint density at radius 2 is 2.35 bits per heavy atom. The van der Waals surface area contributed by atoms with Crippen LogP contribution in [0.5, 0.6) is 0 Å². The second-order valence-electron chi connectivity index (χ2n) is 5.00. The Morgan fingerprint density at radius 1 is 1.53 bits per heavy atom. The van der Waals surface area contributed by atoms with E-state index in [1.54, 1.807) is 7.11 Å². The van der Waals surface area contributed by atoms with E-state index >= 15 is 0 Å². The Bertz CT molecular complexity index is 356. The maximum atomic E-state index is 5.45. The average Bonchev–Trinajstić information content (AvgIpc) is 2.95. The molecule has 0 aliphatic carbocycles. The molecule has 1 atom stereocenters. The third-order valence-corrected chi connectivity index (χ3v) is 3.72. The minimum absolute atomic E-state index is 0.0122. The van der Waals surface area contributed by atoms with Crippen molar-refractivity contribution < 1.29 is 9.26 Å². The highest BCUT2D eigenvalue weighted by Gasteiger charge is 2.43. The molecular weight excluding hydrogens is 218 g/mol. The third kappa shape index (κ3) is 2.35. The van der Waals surface area contributed by atoms with Gasteiger partial charge in [-0.3, -0.25) is 0 Å². The van der Waals surface area contributed by atoms with E-state index in [-0.39, 0.29) is 5.41 Å². The Kier molecular flexibility index (Phi) is 3.79. The number of ether oxygens (including phenoxy) is 1. The van der Waals surface area contributed by atoms with E-state index in [0.717, 1.165) is 31.2 Å². The van der Waals surface area contributed by atoms with Gasteiger partial charge in [0.25, 0.3) is 0 Å². The lowest BCUT2D eigenvalue weighted by Gasteiger charge is -2.28. The van der Waals surface area contributed by atoms with E-state index in [0.29, 0.717) is 18.9 Å². The Labute approximate surface area is 102 Å². The molecule has 1 aliphatic rings. The Morgan fingerprint density at radius 3 is 2.94 bits per heavy atom. The standard InChI is InChI=1S/C12H21N3O2/c1-9(2)12(5-6-13-8-12)11-14-10(15-17-11)4-7-16-3/h9,13H,4-8H2,1-3H3. The summed E-state index contributed by atoms with van der Waals surface area (Å²) >= 11 is 0. The number of methoxy groups -OCH3 is 1. The highest BCUT2D eigenvalue weighted by molar-refractivity contribution is 5.11. The molecule has 1 fully saturated rings. The molecule has 1 unspecified atom stereocenters. The summed E-state index contributed by atoms with van der Waals surface area (Å²) < 4.78 is 10.5. The second-order valence-corrected chi connectivity index (χ2v) is 5.00. The van der Waals surface area contributed by atoms with Gasteiger partial charge in [-0.25, -0.2) is 0 Å². The summed E-state index contributed by atoms with van der Waals surface area (Å²) in [4.78, 5) is 4.53. The van der Waals surface area contributed by atoms with Gasteiger partial charge in [-0.05, 0) is 18.9 Å². The van der Waals surface area contributed by atoms with Gasteiger partial charge in [0.15, 0.2) is 5.82 Å². The Hall–Kier alpha value is -0.940. The van der Waals surface area contributed by atoms with Gasteiger partial charge in [-0.2, -0.15) is 4.98 Å². The topological polar surface area (TPSA) is 60.2 Å². The summed E-state index contributed by atoms with van der Waals surface area (Å²) in [5, 5.41) is 7.42. The van der Waals surface area contributed by atoms with Gasteiger partial charge in [0.2, 0.25) is 5.89 Å². The fourth-order valence-corrected chi connectivity index (χ4v) is 2.38. The number of nitrogens with zero attached hydrogens (tertiary/aromatic N) is 2. The van der Waals surface area contributed by atoms with Crippen LogP contribution in [0.2, 0.25) is 0 Å². The molecule has 0 bridgehead atoms. The van der Waals surface area contributed by atoms with E-state index in [9.17, 15) is 0 Å². The predicted molar refractivity (Wildman–Crippen MR) is 63.9 cm³/mol. The van der Waals surface area contributed by atoms with Crippen LogP contribution >= 0.6 is 0 Å². The highest BCUT2D eigenvalue weighted by Crippen LogP contribution is 2.36. The zero-order valence-electron chi connectivity index (χ0n) is 10.8. The number of rotatable bonds is 5. The third-order valence-electron chi connectivity index (χ3n) is 3.72. The van der Waals surface area contributed by atoms with Crippen LogP contribution in [0.4, 0.5) is 0 Å². The van der Waals surface area contributed by atoms with Crippen LogP contribution in [0.25, 0.3) is 0 Å². The molecule has 17 heavy (non-hydrogen) atoms. The maximum Gasteiger partial charge on any atom is 0.234 e. The van der Waals surface area contributed by atoms with Crippen molar-refractivity contribution in [3.05, 3.63) is 11.7 Å². The fourth-order valence-electron chi connectivity index (χ4n) is 2.38. The van der Waals surface area contributed by atoms with Gasteiger partial charge in [0, 0.05) is 20.1 Å². The molecule has 1 saturated heterocycles. The zero-order chi connectivity index (χ0) is 12.3. The number of hydrogen-bond acceptors (Lipinski definition) is 5. The SMILES string of the molecule is COCCc1noc(C2(C(C)C)CCNC2)n1. The molecule has 96 valence electrons. The normalized spacial score (nSPS) is 24.7. The van der Waals surface area contributed by atoms with E-state index < -0.39 is 0 Å². The summed E-state index contributed by atoms with van der Waals surface area (Å²) in [6, 6.07) is 0. The van der Waals surface area contributed by atoms with Crippen LogP contribution in [0.3, 0.4) is 0 Å². The number of hydrogen-bond donors (Lipinski definition) is 1. The van der Waals surface area contributed by atoms with Crippen molar-refractivity contribution in [1.82, 2.24) is 15.5 Å². The van der Waals surface area contributed by atoms with Crippen molar-refractivity contribution in [2.24, 2.45) is 5.92 Å². The molecule has 1 N–H and O–H groups in total. The van der Waals surface area contributed by atoms with Crippen LogP contribution in [0.15, 0.2) is 4.52 Å². The van der Waals surface area contributed by atoms with Gasteiger partial charge in [0.1, 0.15) is 0 Å². The van der Waals surface area contributed by atoms with Gasteiger partial charge >= 0.3 is 0 Å². The lowest BCUT2D eigenvalue weighted by Crippen LogP contribution is -2.35. The molecule has 2 heterocycles. The smallest absolute Gasteiger partial charge is 0.234 e. The monoisotopic (exact) mass is 239 g/mol. The summed E-state index contributed by atoms with van der Waals surface area (Å²) in [6.45, 7) is 7.01. The van der Waals surface area contributed by atoms with Crippen molar-refractivity contribution in [2.75, 3.05) is 26.8 Å². The highest BCUT2D eigenvalue weighted by atomic mass is 16.5. The van der Waals surface area contributed by atoms with Crippen LogP contribution in [0, 0.1) is 5.92 Å². The minimum atomic E-state index is 0.0122.